The number of hydrogen-bond acceptors (Lipinski definition) is 1. The molecular formula is C141H148O. The predicted molar refractivity (Wildman–Crippen MR) is 606 cm³/mol. The molecule has 0 amide bonds. The van der Waals surface area contributed by atoms with E-state index in [2.05, 4.69) is 368 Å². The second kappa shape index (κ2) is 38.0. The Morgan fingerprint density at radius 1 is 0.246 bits per heavy atom. The Hall–Kier alpha value is -11.9. The van der Waals surface area contributed by atoms with Crippen molar-refractivity contribution in [3.05, 3.63) is 380 Å². The topological polar surface area (TPSA) is 13.1 Å². The van der Waals surface area contributed by atoms with Crippen molar-refractivity contribution in [2.45, 2.75) is 327 Å². The second-order valence-corrected chi connectivity index (χ2v) is 46.6. The van der Waals surface area contributed by atoms with Crippen LogP contribution in [0.5, 0.6) is 0 Å². The van der Waals surface area contributed by atoms with Gasteiger partial charge in [0.15, 0.2) is 0 Å². The van der Waals surface area contributed by atoms with Crippen molar-refractivity contribution < 1.29 is 4.42 Å². The lowest BCUT2D eigenvalue weighted by atomic mass is 9.70. The van der Waals surface area contributed by atoms with Crippen molar-refractivity contribution in [3.63, 3.8) is 0 Å². The maximum absolute atomic E-state index is 7.34. The van der Waals surface area contributed by atoms with Gasteiger partial charge >= 0.3 is 0 Å². The summed E-state index contributed by atoms with van der Waals surface area (Å²) in [7, 11) is 0. The summed E-state index contributed by atoms with van der Waals surface area (Å²) in [4.78, 5) is 0. The maximum Gasteiger partial charge on any atom is 0.144 e. The van der Waals surface area contributed by atoms with E-state index in [1.807, 2.05) is 0 Å². The third-order valence-corrected chi connectivity index (χ3v) is 36.7. The number of hydrogen-bond donors (Lipinski definition) is 0. The molecule has 0 saturated heterocycles. The van der Waals surface area contributed by atoms with Crippen LogP contribution in [0.2, 0.25) is 0 Å². The monoisotopic (exact) mass is 1860 g/mol. The van der Waals surface area contributed by atoms with Crippen LogP contribution in [0, 0.1) is 0 Å². The van der Waals surface area contributed by atoms with Crippen molar-refractivity contribution >= 4 is 21.9 Å². The van der Waals surface area contributed by atoms with Crippen molar-refractivity contribution in [2.75, 3.05) is 0 Å². The van der Waals surface area contributed by atoms with Gasteiger partial charge in [-0.2, -0.15) is 0 Å². The van der Waals surface area contributed by atoms with Gasteiger partial charge in [0.05, 0.1) is 0 Å². The van der Waals surface area contributed by atoms with Gasteiger partial charge in [-0.05, 0) is 317 Å². The van der Waals surface area contributed by atoms with Crippen LogP contribution in [0.1, 0.15) is 370 Å². The van der Waals surface area contributed by atoms with Crippen molar-refractivity contribution in [3.8, 4) is 122 Å². The van der Waals surface area contributed by atoms with Gasteiger partial charge in [0, 0.05) is 54.7 Å². The first-order valence-electron chi connectivity index (χ1n) is 56.0. The Kier molecular flexibility index (Phi) is 25.1. The van der Waals surface area contributed by atoms with Gasteiger partial charge in [0.2, 0.25) is 0 Å². The molecule has 0 N–H and O–H groups in total. The summed E-state index contributed by atoms with van der Waals surface area (Å²) in [6.45, 7) is 29.4. The SMILES string of the molecule is CCCCCCCCC1(CCCCCCCC)c2ccccc2-c2ccc(-c3ccc4c(c3)C(C)(C)c3cc(-c5cc6c(c7c5-c5ccccc5CC7)-c5ccc(CCC(c7ccccc7)c7ccc8c(c7)C(C)(C)c7cc(-c9ccc%10c(c9)C(C)(C)c9cc(-c%11ccc%12c(c%11)C(CCCCCCCC)(CCCCCCCC)c%11ccccc%11-%12)ccc9-%10)c9c(oc%10ccccc%109)c7-8)cc5C6(C)C)ccc3-4)cc21. The van der Waals surface area contributed by atoms with Crippen LogP contribution >= 0.6 is 0 Å². The molecular weight excluding hydrogens is 1710 g/mol. The molecule has 0 saturated carbocycles. The molecule has 0 spiro atoms. The number of para-hydroxylation sites is 1. The lowest BCUT2D eigenvalue weighted by Crippen LogP contribution is -2.25. The first-order chi connectivity index (χ1) is 69.3. The Labute approximate surface area is 849 Å². The summed E-state index contributed by atoms with van der Waals surface area (Å²) in [5.41, 5.74) is 55.7. The summed E-state index contributed by atoms with van der Waals surface area (Å²) in [5.74, 6) is 0.163. The molecule has 0 fully saturated rings. The Morgan fingerprint density at radius 2 is 0.613 bits per heavy atom. The molecule has 1 nitrogen and oxygen atoms in total. The van der Waals surface area contributed by atoms with E-state index >= 15 is 0 Å². The molecule has 142 heavy (non-hydrogen) atoms. The molecule has 7 aliphatic rings. The lowest BCUT2D eigenvalue weighted by molar-refractivity contribution is 0.398. The Balaban J connectivity index is 0.534. The summed E-state index contributed by atoms with van der Waals surface area (Å²) >= 11 is 0. The van der Waals surface area contributed by atoms with Crippen LogP contribution in [0.3, 0.4) is 0 Å². The standard InChI is InChI=1S/C141H148O/c1-13-17-21-25-29-44-78-140(79-45-30-26-22-18-14-2)118-55-41-38-52-104(118)110-72-63-97(85-126(110)140)95-61-70-106-108-74-65-100(88-123(108)136(5,6)121(106)83-95)116-90-128-132(115-77-60-94-50-36-37-51-103(94)131(115)116)112-69-59-92(82-120(112)138(128,9)10)58-68-102(93-48-34-33-35-49-93)99-67-76-113-125(87-99)139(11,12)129-91-117(133-114-54-40-43-57-130(114)142-135(133)134(113)129)101-66-75-109-107-71-62-96(84-122(107)137(7,8)124(109)89-101)98-64-73-111-105-53-39-42-56-119(105)141(127(111)86-98,80-46-31-27-23-19-15-3)81-47-32-28-24-20-16-4/h33-43,48-57,59,61-67,69-76,82-91,102H,13-32,44-47,58,60,68,77-81H2,1-12H3. The fourth-order valence-electron chi connectivity index (χ4n) is 28.9. The minimum absolute atomic E-state index is 0.0287. The van der Waals surface area contributed by atoms with Gasteiger partial charge in [-0.15, -0.1) is 0 Å². The van der Waals surface area contributed by atoms with E-state index in [4.69, 9.17) is 4.42 Å². The van der Waals surface area contributed by atoms with Crippen LogP contribution in [-0.2, 0) is 51.8 Å². The van der Waals surface area contributed by atoms with Gasteiger partial charge in [0.1, 0.15) is 11.2 Å². The Bertz CT molecular complexity index is 7510. The fourth-order valence-corrected chi connectivity index (χ4v) is 28.9. The van der Waals surface area contributed by atoms with Crippen LogP contribution < -0.4 is 0 Å². The first kappa shape index (κ1) is 93.7. The molecule has 1 aromatic heterocycles. The third-order valence-electron chi connectivity index (χ3n) is 36.7. The summed E-state index contributed by atoms with van der Waals surface area (Å²) in [6, 6.07) is 114. The number of benzene rings is 15. The Morgan fingerprint density at radius 3 is 1.13 bits per heavy atom. The minimum atomic E-state index is -0.336. The van der Waals surface area contributed by atoms with Gasteiger partial charge < -0.3 is 4.42 Å². The largest absolute Gasteiger partial charge is 0.455 e. The molecule has 718 valence electrons. The number of aryl methyl sites for hydroxylation is 2. The van der Waals surface area contributed by atoms with E-state index in [0.29, 0.717) is 0 Å². The molecule has 1 unspecified atom stereocenters. The molecule has 0 aliphatic heterocycles. The number of furan rings is 1. The van der Waals surface area contributed by atoms with E-state index in [9.17, 15) is 0 Å². The van der Waals surface area contributed by atoms with E-state index in [1.165, 1.54) is 385 Å². The molecule has 0 radical (unpaired) electrons. The highest BCUT2D eigenvalue weighted by Crippen LogP contribution is 2.64. The summed E-state index contributed by atoms with van der Waals surface area (Å²) < 4.78 is 7.34. The zero-order chi connectivity index (χ0) is 97.0. The normalized spacial score (nSPS) is 15.7. The zero-order valence-electron chi connectivity index (χ0n) is 87.2. The van der Waals surface area contributed by atoms with Crippen molar-refractivity contribution in [2.24, 2.45) is 0 Å². The third kappa shape index (κ3) is 15.8. The molecule has 15 aromatic carbocycles. The predicted octanol–water partition coefficient (Wildman–Crippen LogP) is 40.5. The highest BCUT2D eigenvalue weighted by molar-refractivity contribution is 6.18. The summed E-state index contributed by atoms with van der Waals surface area (Å²) in [5, 5.41) is 2.37. The molecule has 23 rings (SSSR count). The zero-order valence-corrected chi connectivity index (χ0v) is 87.2. The summed E-state index contributed by atoms with van der Waals surface area (Å²) in [6.07, 6.45) is 40.6. The minimum Gasteiger partial charge on any atom is -0.455 e. The quantitative estimate of drug-likeness (QED) is 0.0354. The maximum atomic E-state index is 7.34. The second-order valence-electron chi connectivity index (χ2n) is 46.6. The van der Waals surface area contributed by atoms with Crippen LogP contribution in [0.4, 0.5) is 0 Å². The average Bonchev–Trinajstić information content (AvgIpc) is 1.52. The van der Waals surface area contributed by atoms with Gasteiger partial charge in [-0.25, -0.2) is 0 Å². The molecule has 1 heterocycles. The van der Waals surface area contributed by atoms with E-state index in [-0.39, 0.29) is 38.4 Å². The fraction of sp³-hybridized carbons (Fsp3) is 0.362. The number of rotatable bonds is 37. The highest BCUT2D eigenvalue weighted by atomic mass is 16.3. The van der Waals surface area contributed by atoms with Gasteiger partial charge in [-0.3, -0.25) is 0 Å². The van der Waals surface area contributed by atoms with Gasteiger partial charge in [-0.1, -0.05) is 468 Å². The van der Waals surface area contributed by atoms with Crippen LogP contribution in [-0.4, -0.2) is 0 Å². The van der Waals surface area contributed by atoms with E-state index < -0.39 is 0 Å². The van der Waals surface area contributed by atoms with Crippen molar-refractivity contribution in [1.82, 2.24) is 0 Å². The molecule has 1 atom stereocenters. The molecule has 16 aromatic rings. The van der Waals surface area contributed by atoms with Gasteiger partial charge in [0.25, 0.3) is 0 Å². The van der Waals surface area contributed by atoms with E-state index in [1.54, 1.807) is 22.3 Å². The molecule has 7 aliphatic carbocycles. The lowest BCUT2D eigenvalue weighted by Gasteiger charge is -2.33. The van der Waals surface area contributed by atoms with Crippen LogP contribution in [0.25, 0.3) is 144 Å². The smallest absolute Gasteiger partial charge is 0.144 e. The van der Waals surface area contributed by atoms with E-state index in [0.717, 1.165) is 36.8 Å². The average molecular weight is 1860 g/mol. The number of fused-ring (bicyclic) bond motifs is 26. The highest BCUT2D eigenvalue weighted by Gasteiger charge is 2.48. The number of unbranched alkanes of at least 4 members (excludes halogenated alkanes) is 20. The first-order valence-corrected chi connectivity index (χ1v) is 56.0. The van der Waals surface area contributed by atoms with Crippen molar-refractivity contribution in [1.29, 1.82) is 0 Å². The molecule has 1 heteroatoms. The molecule has 0 bridgehead atoms. The van der Waals surface area contributed by atoms with Crippen LogP contribution in [0.15, 0.2) is 290 Å².